The van der Waals surface area contributed by atoms with E-state index in [-0.39, 0.29) is 11.9 Å². The van der Waals surface area contributed by atoms with E-state index < -0.39 is 12.0 Å². The maximum Gasteiger partial charge on any atom is 0.326 e. The Bertz CT molecular complexity index is 287. The fraction of sp³-hybridized carbons (Fsp3) is 0.818. The third kappa shape index (κ3) is 2.19. The monoisotopic (exact) mass is 226 g/mol. The Kier molecular flexibility index (Phi) is 3.43. The number of carbonyl (C=O) groups excluding carboxylic acids is 1. The average Bonchev–Trinajstić information content (AvgIpc) is 2.81. The van der Waals surface area contributed by atoms with Gasteiger partial charge >= 0.3 is 5.97 Å². The maximum absolute atomic E-state index is 12.1. The first kappa shape index (κ1) is 11.4. The molecule has 2 aliphatic rings. The predicted octanol–water partition coefficient (Wildman–Crippen LogP) is 0.204. The summed E-state index contributed by atoms with van der Waals surface area (Å²) in [6, 6.07) is -0.761. The second-order valence-corrected chi connectivity index (χ2v) is 4.53. The second-order valence-electron chi connectivity index (χ2n) is 4.53. The molecule has 2 atom stereocenters. The van der Waals surface area contributed by atoms with Gasteiger partial charge in [-0.3, -0.25) is 4.79 Å². The summed E-state index contributed by atoms with van der Waals surface area (Å²) in [6.07, 6.45) is 4.25. The molecule has 1 amide bonds. The summed E-state index contributed by atoms with van der Waals surface area (Å²) in [7, 11) is 0. The molecule has 5 heteroatoms. The number of likely N-dealkylation sites (tertiary alicyclic amines) is 1. The van der Waals surface area contributed by atoms with Crippen LogP contribution >= 0.6 is 0 Å². The summed E-state index contributed by atoms with van der Waals surface area (Å²) < 4.78 is 0. The van der Waals surface area contributed by atoms with Gasteiger partial charge < -0.3 is 15.3 Å². The quantitative estimate of drug-likeness (QED) is 0.706. The van der Waals surface area contributed by atoms with Crippen LogP contribution in [-0.2, 0) is 9.59 Å². The molecule has 2 saturated heterocycles. The standard InChI is InChI=1S/C11H18N2O3/c14-10(8-4-3-6-12-8)13-7-2-1-5-9(13)11(15)16/h8-9,12H,1-7H2,(H,15,16)/t8-,9-/m0/s1. The molecule has 90 valence electrons. The van der Waals surface area contributed by atoms with Crippen molar-refractivity contribution < 1.29 is 14.7 Å². The van der Waals surface area contributed by atoms with Gasteiger partial charge in [0, 0.05) is 6.54 Å². The number of carboxylic acid groups (broad SMARTS) is 1. The number of hydrogen-bond acceptors (Lipinski definition) is 3. The van der Waals surface area contributed by atoms with Crippen molar-refractivity contribution in [1.29, 1.82) is 0 Å². The Hall–Kier alpha value is -1.10. The number of amides is 1. The van der Waals surface area contributed by atoms with Gasteiger partial charge in [-0.1, -0.05) is 0 Å². The minimum absolute atomic E-state index is 0.0235. The molecule has 16 heavy (non-hydrogen) atoms. The summed E-state index contributed by atoms with van der Waals surface area (Å²) in [6.45, 7) is 1.45. The number of carbonyl (C=O) groups is 2. The van der Waals surface area contributed by atoms with Crippen molar-refractivity contribution in [2.45, 2.75) is 44.2 Å². The minimum Gasteiger partial charge on any atom is -0.480 e. The highest BCUT2D eigenvalue weighted by molar-refractivity contribution is 5.87. The van der Waals surface area contributed by atoms with Crippen LogP contribution in [0.1, 0.15) is 32.1 Å². The molecule has 2 rings (SSSR count). The van der Waals surface area contributed by atoms with Crippen LogP contribution in [0.2, 0.25) is 0 Å². The SMILES string of the molecule is O=C(O)[C@@H]1CCCCN1C(=O)[C@@H]1CCCN1. The van der Waals surface area contributed by atoms with E-state index in [1.54, 1.807) is 4.90 Å². The fourth-order valence-electron chi connectivity index (χ4n) is 2.55. The zero-order chi connectivity index (χ0) is 11.5. The van der Waals surface area contributed by atoms with Gasteiger partial charge in [0.15, 0.2) is 0 Å². The Balaban J connectivity index is 2.04. The summed E-state index contributed by atoms with van der Waals surface area (Å²) in [5, 5.41) is 12.2. The molecule has 0 aliphatic carbocycles. The Labute approximate surface area is 94.8 Å². The lowest BCUT2D eigenvalue weighted by Gasteiger charge is -2.34. The first-order valence-corrected chi connectivity index (χ1v) is 5.97. The van der Waals surface area contributed by atoms with Gasteiger partial charge in [0.25, 0.3) is 0 Å². The summed E-state index contributed by atoms with van der Waals surface area (Å²) in [5.41, 5.74) is 0. The number of piperidine rings is 1. The third-order valence-electron chi connectivity index (χ3n) is 3.43. The lowest BCUT2D eigenvalue weighted by atomic mass is 10.0. The van der Waals surface area contributed by atoms with Gasteiger partial charge in [0.1, 0.15) is 6.04 Å². The zero-order valence-corrected chi connectivity index (χ0v) is 9.32. The van der Waals surface area contributed by atoms with Crippen molar-refractivity contribution >= 4 is 11.9 Å². The van der Waals surface area contributed by atoms with Gasteiger partial charge in [-0.2, -0.15) is 0 Å². The molecule has 0 radical (unpaired) electrons. The Morgan fingerprint density at radius 3 is 2.62 bits per heavy atom. The smallest absolute Gasteiger partial charge is 0.326 e. The highest BCUT2D eigenvalue weighted by Gasteiger charge is 2.35. The summed E-state index contributed by atoms with van der Waals surface area (Å²) >= 11 is 0. The van der Waals surface area contributed by atoms with E-state index in [2.05, 4.69) is 5.32 Å². The van der Waals surface area contributed by atoms with Crippen LogP contribution in [0.15, 0.2) is 0 Å². The van der Waals surface area contributed by atoms with Crippen LogP contribution in [0.3, 0.4) is 0 Å². The molecule has 0 aromatic rings. The van der Waals surface area contributed by atoms with Crippen LogP contribution in [-0.4, -0.2) is 47.1 Å². The van der Waals surface area contributed by atoms with Gasteiger partial charge in [0.05, 0.1) is 6.04 Å². The van der Waals surface area contributed by atoms with Crippen molar-refractivity contribution in [2.24, 2.45) is 0 Å². The number of aliphatic carboxylic acids is 1. The molecule has 2 fully saturated rings. The van der Waals surface area contributed by atoms with Crippen LogP contribution in [0, 0.1) is 0 Å². The van der Waals surface area contributed by atoms with Gasteiger partial charge in [-0.05, 0) is 38.6 Å². The van der Waals surface area contributed by atoms with Gasteiger partial charge in [-0.15, -0.1) is 0 Å². The van der Waals surface area contributed by atoms with Crippen LogP contribution in [0.4, 0.5) is 0 Å². The predicted molar refractivity (Wildman–Crippen MR) is 58.0 cm³/mol. The van der Waals surface area contributed by atoms with Crippen molar-refractivity contribution in [3.8, 4) is 0 Å². The fourth-order valence-corrected chi connectivity index (χ4v) is 2.55. The Morgan fingerprint density at radius 2 is 2.00 bits per heavy atom. The molecule has 2 heterocycles. The van der Waals surface area contributed by atoms with Crippen molar-refractivity contribution in [3.63, 3.8) is 0 Å². The number of hydrogen-bond donors (Lipinski definition) is 2. The molecular formula is C11H18N2O3. The average molecular weight is 226 g/mol. The van der Waals surface area contributed by atoms with E-state index in [1.165, 1.54) is 0 Å². The molecule has 0 spiro atoms. The van der Waals surface area contributed by atoms with E-state index in [4.69, 9.17) is 5.11 Å². The van der Waals surface area contributed by atoms with E-state index in [0.717, 1.165) is 32.2 Å². The zero-order valence-electron chi connectivity index (χ0n) is 9.32. The number of carboxylic acids is 1. The van der Waals surface area contributed by atoms with E-state index >= 15 is 0 Å². The van der Waals surface area contributed by atoms with Crippen molar-refractivity contribution in [2.75, 3.05) is 13.1 Å². The van der Waals surface area contributed by atoms with Crippen molar-refractivity contribution in [3.05, 3.63) is 0 Å². The lowest BCUT2D eigenvalue weighted by molar-refractivity contribution is -0.152. The third-order valence-corrected chi connectivity index (χ3v) is 3.43. The molecule has 0 aromatic heterocycles. The normalized spacial score (nSPS) is 30.4. The molecule has 2 aliphatic heterocycles. The topological polar surface area (TPSA) is 69.6 Å². The highest BCUT2D eigenvalue weighted by atomic mass is 16.4. The van der Waals surface area contributed by atoms with E-state index in [9.17, 15) is 9.59 Å². The van der Waals surface area contributed by atoms with Crippen LogP contribution in [0.5, 0.6) is 0 Å². The number of nitrogens with zero attached hydrogens (tertiary/aromatic N) is 1. The summed E-state index contributed by atoms with van der Waals surface area (Å²) in [4.78, 5) is 24.7. The lowest BCUT2D eigenvalue weighted by Crippen LogP contribution is -2.53. The molecular weight excluding hydrogens is 208 g/mol. The Morgan fingerprint density at radius 1 is 1.19 bits per heavy atom. The van der Waals surface area contributed by atoms with E-state index in [1.807, 2.05) is 0 Å². The largest absolute Gasteiger partial charge is 0.480 e. The van der Waals surface area contributed by atoms with E-state index in [0.29, 0.717) is 13.0 Å². The van der Waals surface area contributed by atoms with Gasteiger partial charge in [-0.25, -0.2) is 4.79 Å². The minimum atomic E-state index is -0.869. The highest BCUT2D eigenvalue weighted by Crippen LogP contribution is 2.20. The van der Waals surface area contributed by atoms with Crippen LogP contribution in [0.25, 0.3) is 0 Å². The molecule has 0 bridgehead atoms. The first-order valence-electron chi connectivity index (χ1n) is 5.97. The van der Waals surface area contributed by atoms with Gasteiger partial charge in [0.2, 0.25) is 5.91 Å². The summed E-state index contributed by atoms with van der Waals surface area (Å²) in [5.74, 6) is -0.893. The van der Waals surface area contributed by atoms with Crippen LogP contribution < -0.4 is 5.32 Å². The van der Waals surface area contributed by atoms with Crippen molar-refractivity contribution in [1.82, 2.24) is 10.2 Å². The molecule has 5 nitrogen and oxygen atoms in total. The number of rotatable bonds is 2. The first-order chi connectivity index (χ1) is 7.70. The second kappa shape index (κ2) is 4.82. The maximum atomic E-state index is 12.1. The molecule has 2 N–H and O–H groups in total. The number of nitrogens with one attached hydrogen (secondary N) is 1. The molecule has 0 aromatic carbocycles. The molecule has 0 unspecified atom stereocenters. The molecule has 0 saturated carbocycles.